The normalized spacial score (nSPS) is 18.9. The van der Waals surface area contributed by atoms with Crippen molar-refractivity contribution < 1.29 is 0 Å². The third kappa shape index (κ3) is 3.00. The average Bonchev–Trinajstić information content (AvgIpc) is 2.63. The Morgan fingerprint density at radius 3 is 2.59 bits per heavy atom. The van der Waals surface area contributed by atoms with Gasteiger partial charge in [-0.05, 0) is 53.8 Å². The van der Waals surface area contributed by atoms with Gasteiger partial charge in [0.2, 0.25) is 5.95 Å². The number of hydrogen-bond donors (Lipinski definition) is 1. The van der Waals surface area contributed by atoms with Gasteiger partial charge in [-0.3, -0.25) is 0 Å². The summed E-state index contributed by atoms with van der Waals surface area (Å²) in [5.41, 5.74) is 1.09. The first kappa shape index (κ1) is 12.4. The van der Waals surface area contributed by atoms with Crippen LogP contribution in [0, 0.1) is 6.92 Å². The standard InChI is InChI=1S/C13H24N4/c1-10(2)17-9-11(3)14-13(17)15-12-5-7-16(4)8-6-12/h9-10,12H,5-8H2,1-4H3,(H,14,15). The maximum Gasteiger partial charge on any atom is 0.203 e. The van der Waals surface area contributed by atoms with Crippen molar-refractivity contribution in [1.29, 1.82) is 0 Å². The molecule has 2 heterocycles. The predicted molar refractivity (Wildman–Crippen MR) is 71.5 cm³/mol. The summed E-state index contributed by atoms with van der Waals surface area (Å²) in [7, 11) is 2.19. The minimum Gasteiger partial charge on any atom is -0.353 e. The fraction of sp³-hybridized carbons (Fsp3) is 0.769. The molecule has 4 heteroatoms. The largest absolute Gasteiger partial charge is 0.353 e. The molecule has 1 aliphatic rings. The number of imidazole rings is 1. The van der Waals surface area contributed by atoms with E-state index in [4.69, 9.17) is 0 Å². The first-order chi connectivity index (χ1) is 8.06. The molecule has 1 aliphatic heterocycles. The molecular weight excluding hydrogens is 212 g/mol. The Kier molecular flexibility index (Phi) is 3.72. The maximum absolute atomic E-state index is 4.58. The van der Waals surface area contributed by atoms with Crippen LogP contribution < -0.4 is 5.32 Å². The highest BCUT2D eigenvalue weighted by Gasteiger charge is 2.18. The van der Waals surface area contributed by atoms with Crippen LogP contribution in [0.5, 0.6) is 0 Å². The second-order valence-corrected chi connectivity index (χ2v) is 5.43. The van der Waals surface area contributed by atoms with E-state index in [0.29, 0.717) is 12.1 Å². The number of hydrogen-bond acceptors (Lipinski definition) is 3. The molecule has 4 nitrogen and oxygen atoms in total. The van der Waals surface area contributed by atoms with Crippen LogP contribution in [-0.2, 0) is 0 Å². The van der Waals surface area contributed by atoms with Gasteiger partial charge in [0.25, 0.3) is 0 Å². The lowest BCUT2D eigenvalue weighted by Crippen LogP contribution is -2.37. The summed E-state index contributed by atoms with van der Waals surface area (Å²) in [6.45, 7) is 8.80. The quantitative estimate of drug-likeness (QED) is 0.874. The van der Waals surface area contributed by atoms with E-state index in [0.717, 1.165) is 11.6 Å². The van der Waals surface area contributed by atoms with Gasteiger partial charge in [-0.25, -0.2) is 4.98 Å². The van der Waals surface area contributed by atoms with Gasteiger partial charge < -0.3 is 14.8 Å². The van der Waals surface area contributed by atoms with Crippen molar-refractivity contribution in [2.24, 2.45) is 0 Å². The lowest BCUT2D eigenvalue weighted by molar-refractivity contribution is 0.263. The molecule has 0 aromatic carbocycles. The zero-order chi connectivity index (χ0) is 12.4. The topological polar surface area (TPSA) is 33.1 Å². The van der Waals surface area contributed by atoms with E-state index in [1.165, 1.54) is 25.9 Å². The highest BCUT2D eigenvalue weighted by atomic mass is 15.2. The van der Waals surface area contributed by atoms with Crippen LogP contribution in [-0.4, -0.2) is 40.6 Å². The molecule has 0 radical (unpaired) electrons. The van der Waals surface area contributed by atoms with Gasteiger partial charge in [-0.15, -0.1) is 0 Å². The highest BCUT2D eigenvalue weighted by molar-refractivity contribution is 5.31. The van der Waals surface area contributed by atoms with Crippen LogP contribution in [0.15, 0.2) is 6.20 Å². The number of piperidine rings is 1. The van der Waals surface area contributed by atoms with Gasteiger partial charge in [-0.1, -0.05) is 0 Å². The zero-order valence-electron chi connectivity index (χ0n) is 11.4. The van der Waals surface area contributed by atoms with Crippen LogP contribution in [0.4, 0.5) is 5.95 Å². The number of aryl methyl sites for hydroxylation is 1. The third-order valence-electron chi connectivity index (χ3n) is 3.46. The lowest BCUT2D eigenvalue weighted by atomic mass is 10.1. The summed E-state index contributed by atoms with van der Waals surface area (Å²) in [6.07, 6.45) is 4.54. The van der Waals surface area contributed by atoms with Crippen molar-refractivity contribution in [3.05, 3.63) is 11.9 Å². The SMILES string of the molecule is Cc1cn(C(C)C)c(NC2CCN(C)CC2)n1. The molecule has 1 aromatic heterocycles. The van der Waals surface area contributed by atoms with E-state index in [9.17, 15) is 0 Å². The van der Waals surface area contributed by atoms with Gasteiger partial charge >= 0.3 is 0 Å². The molecule has 1 fully saturated rings. The number of rotatable bonds is 3. The molecule has 0 saturated carbocycles. The van der Waals surface area contributed by atoms with Gasteiger partial charge in [0.05, 0.1) is 5.69 Å². The molecule has 0 amide bonds. The Morgan fingerprint density at radius 2 is 2.00 bits per heavy atom. The van der Waals surface area contributed by atoms with Gasteiger partial charge in [0.15, 0.2) is 0 Å². The van der Waals surface area contributed by atoms with E-state index in [1.54, 1.807) is 0 Å². The van der Waals surface area contributed by atoms with Crippen molar-refractivity contribution in [3.63, 3.8) is 0 Å². The Balaban J connectivity index is 2.03. The molecule has 2 rings (SSSR count). The van der Waals surface area contributed by atoms with E-state index >= 15 is 0 Å². The fourth-order valence-electron chi connectivity index (χ4n) is 2.35. The first-order valence-corrected chi connectivity index (χ1v) is 6.57. The van der Waals surface area contributed by atoms with Crippen LogP contribution in [0.25, 0.3) is 0 Å². The van der Waals surface area contributed by atoms with Crippen molar-refractivity contribution >= 4 is 5.95 Å². The molecular formula is C13H24N4. The second kappa shape index (κ2) is 5.08. The van der Waals surface area contributed by atoms with Gasteiger partial charge in [0.1, 0.15) is 0 Å². The monoisotopic (exact) mass is 236 g/mol. The smallest absolute Gasteiger partial charge is 0.203 e. The zero-order valence-corrected chi connectivity index (χ0v) is 11.4. The maximum atomic E-state index is 4.58. The molecule has 0 aliphatic carbocycles. The van der Waals surface area contributed by atoms with Crippen molar-refractivity contribution in [2.45, 2.75) is 45.7 Å². The Labute approximate surface area is 104 Å². The number of likely N-dealkylation sites (tertiary alicyclic amines) is 1. The molecule has 96 valence electrons. The van der Waals surface area contributed by atoms with Gasteiger partial charge in [0, 0.05) is 18.3 Å². The number of anilines is 1. The van der Waals surface area contributed by atoms with Crippen LogP contribution in [0.2, 0.25) is 0 Å². The Hall–Kier alpha value is -1.03. The summed E-state index contributed by atoms with van der Waals surface area (Å²) in [5, 5.41) is 3.60. The van der Waals surface area contributed by atoms with Crippen LogP contribution in [0.1, 0.15) is 38.4 Å². The average molecular weight is 236 g/mol. The van der Waals surface area contributed by atoms with Crippen molar-refractivity contribution in [2.75, 3.05) is 25.5 Å². The lowest BCUT2D eigenvalue weighted by Gasteiger charge is -2.30. The van der Waals surface area contributed by atoms with Crippen LogP contribution in [0.3, 0.4) is 0 Å². The molecule has 0 spiro atoms. The Bertz CT molecular complexity index is 361. The Morgan fingerprint density at radius 1 is 1.35 bits per heavy atom. The fourth-order valence-corrected chi connectivity index (χ4v) is 2.35. The number of nitrogens with one attached hydrogen (secondary N) is 1. The molecule has 1 saturated heterocycles. The van der Waals surface area contributed by atoms with Crippen molar-refractivity contribution in [3.8, 4) is 0 Å². The van der Waals surface area contributed by atoms with Gasteiger partial charge in [-0.2, -0.15) is 0 Å². The summed E-state index contributed by atoms with van der Waals surface area (Å²) < 4.78 is 2.23. The molecule has 1 aromatic rings. The number of nitrogens with zero attached hydrogens (tertiary/aromatic N) is 3. The van der Waals surface area contributed by atoms with E-state index < -0.39 is 0 Å². The third-order valence-corrected chi connectivity index (χ3v) is 3.46. The molecule has 17 heavy (non-hydrogen) atoms. The predicted octanol–water partition coefficient (Wildman–Crippen LogP) is 2.28. The second-order valence-electron chi connectivity index (χ2n) is 5.43. The van der Waals surface area contributed by atoms with E-state index in [-0.39, 0.29) is 0 Å². The summed E-state index contributed by atoms with van der Waals surface area (Å²) in [6, 6.07) is 1.04. The minimum absolute atomic E-state index is 0.463. The van der Waals surface area contributed by atoms with E-state index in [1.807, 2.05) is 0 Å². The molecule has 0 unspecified atom stereocenters. The summed E-state index contributed by atoms with van der Waals surface area (Å²) in [4.78, 5) is 6.97. The van der Waals surface area contributed by atoms with Crippen LogP contribution >= 0.6 is 0 Å². The summed E-state index contributed by atoms with van der Waals surface area (Å²) in [5.74, 6) is 1.03. The first-order valence-electron chi connectivity index (χ1n) is 6.57. The highest BCUT2D eigenvalue weighted by Crippen LogP contribution is 2.19. The summed E-state index contributed by atoms with van der Waals surface area (Å²) >= 11 is 0. The minimum atomic E-state index is 0.463. The molecule has 1 N–H and O–H groups in total. The van der Waals surface area contributed by atoms with E-state index in [2.05, 4.69) is 53.8 Å². The molecule has 0 bridgehead atoms. The molecule has 0 atom stereocenters. The number of aromatic nitrogens is 2. The van der Waals surface area contributed by atoms with Crippen molar-refractivity contribution in [1.82, 2.24) is 14.5 Å².